The molecule has 0 aromatic rings. The molecule has 3 atom stereocenters. The maximum Gasteiger partial charge on any atom is 0.310 e. The van der Waals surface area contributed by atoms with Gasteiger partial charge in [0.2, 0.25) is 10.0 Å². The van der Waals surface area contributed by atoms with E-state index in [9.17, 15) is 18.3 Å². The van der Waals surface area contributed by atoms with Crippen LogP contribution in [0.25, 0.3) is 0 Å². The maximum atomic E-state index is 12.3. The van der Waals surface area contributed by atoms with Gasteiger partial charge in [0.1, 0.15) is 0 Å². The Morgan fingerprint density at radius 2 is 2.10 bits per heavy atom. The summed E-state index contributed by atoms with van der Waals surface area (Å²) < 4.78 is 31.7. The molecule has 118 valence electrons. The van der Waals surface area contributed by atoms with Crippen LogP contribution in [0.2, 0.25) is 0 Å². The van der Waals surface area contributed by atoms with Crippen LogP contribution in [0.3, 0.4) is 0 Å². The molecule has 1 aliphatic carbocycles. The molecule has 6 nitrogen and oxygen atoms in total. The lowest BCUT2D eigenvalue weighted by Gasteiger charge is -2.25. The van der Waals surface area contributed by atoms with Crippen LogP contribution in [-0.2, 0) is 19.6 Å². The summed E-state index contributed by atoms with van der Waals surface area (Å²) in [6.07, 6.45) is 2.95. The SMILES string of the molecule is CCCC(C)(O)CNS(=O)(=O)C1CCCC1C(=O)OC. The molecule has 0 aromatic carbocycles. The van der Waals surface area contributed by atoms with E-state index in [1.165, 1.54) is 7.11 Å². The quantitative estimate of drug-likeness (QED) is 0.679. The third-order valence-corrected chi connectivity index (χ3v) is 5.71. The Labute approximate surface area is 120 Å². The summed E-state index contributed by atoms with van der Waals surface area (Å²) >= 11 is 0. The van der Waals surface area contributed by atoms with Crippen LogP contribution in [0.4, 0.5) is 0 Å². The summed E-state index contributed by atoms with van der Waals surface area (Å²) in [6.45, 7) is 3.49. The molecule has 1 saturated carbocycles. The summed E-state index contributed by atoms with van der Waals surface area (Å²) in [6, 6.07) is 0. The molecule has 0 heterocycles. The van der Waals surface area contributed by atoms with E-state index in [1.807, 2.05) is 6.92 Å². The topological polar surface area (TPSA) is 92.7 Å². The summed E-state index contributed by atoms with van der Waals surface area (Å²) in [7, 11) is -2.36. The molecule has 0 spiro atoms. The Morgan fingerprint density at radius 3 is 2.65 bits per heavy atom. The molecule has 2 N–H and O–H groups in total. The van der Waals surface area contributed by atoms with E-state index in [4.69, 9.17) is 0 Å². The predicted octanol–water partition coefficient (Wildman–Crippen LogP) is 0.799. The van der Waals surface area contributed by atoms with E-state index in [-0.39, 0.29) is 6.54 Å². The van der Waals surface area contributed by atoms with Gasteiger partial charge in [-0.2, -0.15) is 0 Å². The van der Waals surface area contributed by atoms with Crippen LogP contribution in [0, 0.1) is 5.92 Å². The van der Waals surface area contributed by atoms with Gasteiger partial charge >= 0.3 is 5.97 Å². The van der Waals surface area contributed by atoms with Crippen LogP contribution < -0.4 is 4.72 Å². The van der Waals surface area contributed by atoms with Crippen molar-refractivity contribution in [3.63, 3.8) is 0 Å². The van der Waals surface area contributed by atoms with Crippen LogP contribution >= 0.6 is 0 Å². The molecule has 3 unspecified atom stereocenters. The van der Waals surface area contributed by atoms with Gasteiger partial charge in [0.25, 0.3) is 0 Å². The molecule has 0 aliphatic heterocycles. The number of hydrogen-bond donors (Lipinski definition) is 2. The van der Waals surface area contributed by atoms with Crippen molar-refractivity contribution in [2.24, 2.45) is 5.92 Å². The Hall–Kier alpha value is -0.660. The molecule has 0 aromatic heterocycles. The highest BCUT2D eigenvalue weighted by Crippen LogP contribution is 2.31. The average molecular weight is 307 g/mol. The van der Waals surface area contributed by atoms with Crippen molar-refractivity contribution in [3.05, 3.63) is 0 Å². The third kappa shape index (κ3) is 4.43. The van der Waals surface area contributed by atoms with E-state index in [0.29, 0.717) is 25.7 Å². The predicted molar refractivity (Wildman–Crippen MR) is 75.6 cm³/mol. The van der Waals surface area contributed by atoms with Crippen LogP contribution in [0.1, 0.15) is 46.0 Å². The number of rotatable bonds is 7. The highest BCUT2D eigenvalue weighted by atomic mass is 32.2. The molecule has 0 radical (unpaired) electrons. The molecule has 20 heavy (non-hydrogen) atoms. The number of ether oxygens (including phenoxy) is 1. The van der Waals surface area contributed by atoms with Crippen LogP contribution in [0.15, 0.2) is 0 Å². The zero-order valence-electron chi connectivity index (χ0n) is 12.4. The van der Waals surface area contributed by atoms with Gasteiger partial charge in [0.15, 0.2) is 0 Å². The highest BCUT2D eigenvalue weighted by molar-refractivity contribution is 7.90. The van der Waals surface area contributed by atoms with Crippen molar-refractivity contribution >= 4 is 16.0 Å². The summed E-state index contributed by atoms with van der Waals surface area (Å²) in [5, 5.41) is 9.27. The molecule has 7 heteroatoms. The number of hydrogen-bond acceptors (Lipinski definition) is 5. The Balaban J connectivity index is 2.71. The van der Waals surface area contributed by atoms with E-state index < -0.39 is 32.8 Å². The van der Waals surface area contributed by atoms with Gasteiger partial charge < -0.3 is 9.84 Å². The minimum absolute atomic E-state index is 0.0342. The lowest BCUT2D eigenvalue weighted by molar-refractivity contribution is -0.145. The Bertz CT molecular complexity index is 432. The smallest absolute Gasteiger partial charge is 0.310 e. The lowest BCUT2D eigenvalue weighted by atomic mass is 10.0. The fourth-order valence-electron chi connectivity index (χ4n) is 2.71. The normalized spacial score (nSPS) is 26.2. The molecule has 1 rings (SSSR count). The average Bonchev–Trinajstić information content (AvgIpc) is 2.86. The standard InChI is InChI=1S/C13H25NO5S/c1-4-8-13(2,16)9-14-20(17,18)11-7-5-6-10(11)12(15)19-3/h10-11,14,16H,4-9H2,1-3H3. The number of nitrogens with one attached hydrogen (secondary N) is 1. The first-order valence-electron chi connectivity index (χ1n) is 7.02. The maximum absolute atomic E-state index is 12.3. The van der Waals surface area contributed by atoms with Crippen molar-refractivity contribution in [2.75, 3.05) is 13.7 Å². The van der Waals surface area contributed by atoms with Crippen LogP contribution in [-0.4, -0.2) is 44.0 Å². The fourth-order valence-corrected chi connectivity index (χ4v) is 4.59. The van der Waals surface area contributed by atoms with Crippen molar-refractivity contribution in [1.82, 2.24) is 4.72 Å². The second-order valence-electron chi connectivity index (χ2n) is 5.71. The summed E-state index contributed by atoms with van der Waals surface area (Å²) in [4.78, 5) is 11.6. The third-order valence-electron chi connectivity index (χ3n) is 3.80. The number of methoxy groups -OCH3 is 1. The van der Waals surface area contributed by atoms with Gasteiger partial charge in [-0.1, -0.05) is 19.8 Å². The van der Waals surface area contributed by atoms with Gasteiger partial charge in [-0.25, -0.2) is 13.1 Å². The monoisotopic (exact) mass is 307 g/mol. The number of carbonyl (C=O) groups excluding carboxylic acids is 1. The number of sulfonamides is 1. The molecular weight excluding hydrogens is 282 g/mol. The van der Waals surface area contributed by atoms with Gasteiger partial charge in [0.05, 0.1) is 23.9 Å². The van der Waals surface area contributed by atoms with Gasteiger partial charge in [-0.3, -0.25) is 4.79 Å². The largest absolute Gasteiger partial charge is 0.469 e. The lowest BCUT2D eigenvalue weighted by Crippen LogP contribution is -2.46. The first-order valence-corrected chi connectivity index (χ1v) is 8.57. The van der Waals surface area contributed by atoms with E-state index in [2.05, 4.69) is 9.46 Å². The minimum atomic E-state index is -3.63. The Morgan fingerprint density at radius 1 is 1.45 bits per heavy atom. The second kappa shape index (κ2) is 6.87. The zero-order valence-corrected chi connectivity index (χ0v) is 13.2. The minimum Gasteiger partial charge on any atom is -0.469 e. The summed E-state index contributed by atoms with van der Waals surface area (Å²) in [5.74, 6) is -1.08. The molecular formula is C13H25NO5S. The van der Waals surface area contributed by atoms with Gasteiger partial charge in [0, 0.05) is 6.54 Å². The number of aliphatic hydroxyl groups is 1. The molecule has 0 bridgehead atoms. The fraction of sp³-hybridized carbons (Fsp3) is 0.923. The van der Waals surface area contributed by atoms with E-state index in [1.54, 1.807) is 6.92 Å². The van der Waals surface area contributed by atoms with Gasteiger partial charge in [-0.15, -0.1) is 0 Å². The van der Waals surface area contributed by atoms with Crippen molar-refractivity contribution < 1.29 is 23.1 Å². The van der Waals surface area contributed by atoms with Crippen molar-refractivity contribution in [2.45, 2.75) is 56.8 Å². The van der Waals surface area contributed by atoms with E-state index >= 15 is 0 Å². The molecule has 1 fully saturated rings. The number of carbonyl (C=O) groups is 1. The highest BCUT2D eigenvalue weighted by Gasteiger charge is 2.42. The molecule has 0 amide bonds. The first-order chi connectivity index (χ1) is 9.23. The summed E-state index contributed by atoms with van der Waals surface area (Å²) in [5.41, 5.74) is -1.07. The number of esters is 1. The molecule has 0 saturated heterocycles. The second-order valence-corrected chi connectivity index (χ2v) is 7.70. The van der Waals surface area contributed by atoms with E-state index in [0.717, 1.165) is 6.42 Å². The first kappa shape index (κ1) is 17.4. The molecule has 1 aliphatic rings. The van der Waals surface area contributed by atoms with Crippen LogP contribution in [0.5, 0.6) is 0 Å². The zero-order chi connectivity index (χ0) is 15.4. The van der Waals surface area contributed by atoms with Gasteiger partial charge in [-0.05, 0) is 26.2 Å². The van der Waals surface area contributed by atoms with Crippen molar-refractivity contribution in [1.29, 1.82) is 0 Å². The Kier molecular flexibility index (Phi) is 5.97. The van der Waals surface area contributed by atoms with Crippen molar-refractivity contribution in [3.8, 4) is 0 Å².